The van der Waals surface area contributed by atoms with Gasteiger partial charge in [0.1, 0.15) is 0 Å². The Morgan fingerprint density at radius 1 is 1.14 bits per heavy atom. The van der Waals surface area contributed by atoms with Gasteiger partial charge in [0.2, 0.25) is 0 Å². The smallest absolute Gasteiger partial charge is 0.338 e. The Hall–Kier alpha value is -3.31. The van der Waals surface area contributed by atoms with Crippen molar-refractivity contribution in [3.05, 3.63) is 107 Å². The molecular formula is C26H24O2. The third kappa shape index (κ3) is 5.11. The monoisotopic (exact) mass is 368 g/mol. The first-order valence-electron chi connectivity index (χ1n) is 9.56. The lowest BCUT2D eigenvalue weighted by Gasteiger charge is -2.19. The summed E-state index contributed by atoms with van der Waals surface area (Å²) in [6.07, 6.45) is 11.5. The van der Waals surface area contributed by atoms with E-state index in [4.69, 9.17) is 4.74 Å². The van der Waals surface area contributed by atoms with Crippen LogP contribution in [0.1, 0.15) is 46.3 Å². The van der Waals surface area contributed by atoms with E-state index in [1.165, 1.54) is 16.7 Å². The molecular weight excluding hydrogens is 344 g/mol. The number of benzene rings is 2. The summed E-state index contributed by atoms with van der Waals surface area (Å²) in [7, 11) is 0. The highest BCUT2D eigenvalue weighted by molar-refractivity contribution is 5.89. The van der Waals surface area contributed by atoms with Crippen molar-refractivity contribution in [3.8, 4) is 11.8 Å². The van der Waals surface area contributed by atoms with Crippen LogP contribution in [0.25, 0.3) is 0 Å². The fourth-order valence-corrected chi connectivity index (χ4v) is 3.11. The van der Waals surface area contributed by atoms with Crippen molar-refractivity contribution in [2.24, 2.45) is 0 Å². The second-order valence-corrected chi connectivity index (χ2v) is 6.69. The number of hydrogen-bond acceptors (Lipinski definition) is 2. The molecule has 0 N–H and O–H groups in total. The standard InChI is InChI=1S/C26H24O2/c1-3-28-26(27)24-18-14-21(15-19-24)8-4-5-9-22-10-6-7-11-25(22)23-16-12-20(2)13-17-23/h5-7,9-10,12-19,25H,3,11H2,1-2H3. The lowest BCUT2D eigenvalue weighted by molar-refractivity contribution is 0.0526. The van der Waals surface area contributed by atoms with Gasteiger partial charge in [0, 0.05) is 11.5 Å². The molecule has 2 heteroatoms. The number of carbonyl (C=O) groups is 1. The molecule has 2 aromatic rings. The zero-order valence-electron chi connectivity index (χ0n) is 16.3. The summed E-state index contributed by atoms with van der Waals surface area (Å²) in [6.45, 7) is 4.28. The topological polar surface area (TPSA) is 26.3 Å². The number of ether oxygens (including phenoxy) is 1. The summed E-state index contributed by atoms with van der Waals surface area (Å²) in [5.41, 5.74) is 5.27. The van der Waals surface area contributed by atoms with E-state index >= 15 is 0 Å². The SMILES string of the molecule is CCOC(=O)c1ccc(C#CC=CC2=CC=CCC2c2ccc(C)cc2)cc1. The molecule has 140 valence electrons. The summed E-state index contributed by atoms with van der Waals surface area (Å²) >= 11 is 0. The van der Waals surface area contributed by atoms with Crippen LogP contribution in [0.3, 0.4) is 0 Å². The van der Waals surface area contributed by atoms with Gasteiger partial charge in [0.25, 0.3) is 0 Å². The molecule has 0 saturated carbocycles. The van der Waals surface area contributed by atoms with Gasteiger partial charge in [-0.3, -0.25) is 0 Å². The molecule has 0 aromatic heterocycles. The Morgan fingerprint density at radius 2 is 1.89 bits per heavy atom. The van der Waals surface area contributed by atoms with Crippen LogP contribution >= 0.6 is 0 Å². The molecule has 0 fully saturated rings. The lowest BCUT2D eigenvalue weighted by Crippen LogP contribution is -2.04. The molecule has 1 atom stereocenters. The normalized spacial score (nSPS) is 15.6. The Labute approximate surface area is 167 Å². The van der Waals surface area contributed by atoms with Gasteiger partial charge in [-0.2, -0.15) is 0 Å². The molecule has 3 rings (SSSR count). The first-order chi connectivity index (χ1) is 13.7. The van der Waals surface area contributed by atoms with Gasteiger partial charge in [-0.15, -0.1) is 0 Å². The minimum Gasteiger partial charge on any atom is -0.462 e. The number of aryl methyl sites for hydroxylation is 1. The van der Waals surface area contributed by atoms with Crippen LogP contribution in [0, 0.1) is 18.8 Å². The van der Waals surface area contributed by atoms with Gasteiger partial charge in [0.05, 0.1) is 12.2 Å². The zero-order chi connectivity index (χ0) is 19.8. The van der Waals surface area contributed by atoms with E-state index in [0.717, 1.165) is 12.0 Å². The molecule has 0 spiro atoms. The van der Waals surface area contributed by atoms with E-state index in [1.54, 1.807) is 19.1 Å². The van der Waals surface area contributed by atoms with Gasteiger partial charge in [-0.05, 0) is 61.7 Å². The van der Waals surface area contributed by atoms with Gasteiger partial charge in [0.15, 0.2) is 0 Å². The average molecular weight is 368 g/mol. The van der Waals surface area contributed by atoms with Crippen LogP contribution in [0.5, 0.6) is 0 Å². The molecule has 0 radical (unpaired) electrons. The fraction of sp³-hybridized carbons (Fsp3) is 0.192. The molecule has 0 saturated heterocycles. The Kier molecular flexibility index (Phi) is 6.65. The second-order valence-electron chi connectivity index (χ2n) is 6.69. The third-order valence-electron chi connectivity index (χ3n) is 4.65. The summed E-state index contributed by atoms with van der Waals surface area (Å²) in [6, 6.07) is 15.9. The number of esters is 1. The highest BCUT2D eigenvalue weighted by Gasteiger charge is 2.15. The maximum atomic E-state index is 11.7. The van der Waals surface area contributed by atoms with Crippen molar-refractivity contribution in [1.29, 1.82) is 0 Å². The molecule has 1 unspecified atom stereocenters. The van der Waals surface area contributed by atoms with Crippen LogP contribution < -0.4 is 0 Å². The molecule has 1 aliphatic carbocycles. The highest BCUT2D eigenvalue weighted by Crippen LogP contribution is 2.32. The minimum absolute atomic E-state index is 0.304. The summed E-state index contributed by atoms with van der Waals surface area (Å²) in [5, 5.41) is 0. The Balaban J connectivity index is 1.68. The van der Waals surface area contributed by atoms with Crippen LogP contribution in [0.15, 0.2) is 84.5 Å². The van der Waals surface area contributed by atoms with Crippen molar-refractivity contribution < 1.29 is 9.53 Å². The fourth-order valence-electron chi connectivity index (χ4n) is 3.11. The quantitative estimate of drug-likeness (QED) is 0.507. The lowest BCUT2D eigenvalue weighted by atomic mass is 9.85. The Morgan fingerprint density at radius 3 is 2.61 bits per heavy atom. The summed E-state index contributed by atoms with van der Waals surface area (Å²) < 4.78 is 4.99. The molecule has 2 aromatic carbocycles. The number of carbonyl (C=O) groups excluding carboxylic acids is 1. The van der Waals surface area contributed by atoms with Gasteiger partial charge in [-0.25, -0.2) is 4.79 Å². The van der Waals surface area contributed by atoms with Gasteiger partial charge < -0.3 is 4.74 Å². The molecule has 1 aliphatic rings. The molecule has 0 heterocycles. The van der Waals surface area contributed by atoms with Crippen molar-refractivity contribution in [3.63, 3.8) is 0 Å². The second kappa shape index (κ2) is 9.58. The van der Waals surface area contributed by atoms with Crippen LogP contribution in [-0.2, 0) is 4.74 Å². The highest BCUT2D eigenvalue weighted by atomic mass is 16.5. The van der Waals surface area contributed by atoms with Gasteiger partial charge in [-0.1, -0.05) is 66.0 Å². The van der Waals surface area contributed by atoms with Crippen molar-refractivity contribution >= 4 is 5.97 Å². The van der Waals surface area contributed by atoms with E-state index < -0.39 is 0 Å². The third-order valence-corrected chi connectivity index (χ3v) is 4.65. The summed E-state index contributed by atoms with van der Waals surface area (Å²) in [4.78, 5) is 11.7. The molecule has 0 amide bonds. The van der Waals surface area contributed by atoms with Crippen LogP contribution in [-0.4, -0.2) is 12.6 Å². The number of rotatable bonds is 4. The maximum absolute atomic E-state index is 11.7. The number of allylic oxidation sites excluding steroid dienone is 6. The van der Waals surface area contributed by atoms with E-state index in [0.29, 0.717) is 18.1 Å². The first kappa shape index (κ1) is 19.5. The number of hydrogen-bond donors (Lipinski definition) is 0. The maximum Gasteiger partial charge on any atom is 0.338 e. The largest absolute Gasteiger partial charge is 0.462 e. The van der Waals surface area contributed by atoms with E-state index in [1.807, 2.05) is 18.2 Å². The van der Waals surface area contributed by atoms with Crippen molar-refractivity contribution in [2.45, 2.75) is 26.2 Å². The predicted octanol–water partition coefficient (Wildman–Crippen LogP) is 5.75. The molecule has 0 aliphatic heterocycles. The summed E-state index contributed by atoms with van der Waals surface area (Å²) in [5.74, 6) is 6.27. The first-order valence-corrected chi connectivity index (χ1v) is 9.56. The minimum atomic E-state index is -0.304. The van der Waals surface area contributed by atoms with Crippen molar-refractivity contribution in [1.82, 2.24) is 0 Å². The molecule has 0 bridgehead atoms. The average Bonchev–Trinajstić information content (AvgIpc) is 2.73. The van der Waals surface area contributed by atoms with Crippen LogP contribution in [0.4, 0.5) is 0 Å². The van der Waals surface area contributed by atoms with Crippen LogP contribution in [0.2, 0.25) is 0 Å². The van der Waals surface area contributed by atoms with E-state index in [9.17, 15) is 4.79 Å². The van der Waals surface area contributed by atoms with Crippen molar-refractivity contribution in [2.75, 3.05) is 6.61 Å². The molecule has 28 heavy (non-hydrogen) atoms. The Bertz CT molecular complexity index is 962. The van der Waals surface area contributed by atoms with Gasteiger partial charge >= 0.3 is 5.97 Å². The van der Waals surface area contributed by atoms with E-state index in [2.05, 4.69) is 67.3 Å². The zero-order valence-corrected chi connectivity index (χ0v) is 16.3. The van der Waals surface area contributed by atoms with E-state index in [-0.39, 0.29) is 5.97 Å². The molecule has 2 nitrogen and oxygen atoms in total. The predicted molar refractivity (Wildman–Crippen MR) is 114 cm³/mol.